The van der Waals surface area contributed by atoms with E-state index in [2.05, 4.69) is 26.0 Å². The standard InChI is InChI=1S/C45H86NO8P/c1-6-8-10-12-14-16-18-20-21-23-25-27-29-31-33-35-44(48)54-45(41-53-55(49,50)52-39-37-46(3,4)5)40-42(45)36-38-51-43(47)34-32-30-28-26-24-22-19-17-15-13-11-9-7-2/h20-21,42H,6-19,22-41H2,1-5H3/p+1/b21-20-/t42-,45+/m1/s1. The number of hydrogen-bond acceptors (Lipinski definition) is 7. The van der Waals surface area contributed by atoms with Gasteiger partial charge in [0, 0.05) is 18.8 Å². The molecule has 0 amide bonds. The van der Waals surface area contributed by atoms with Crippen LogP contribution in [-0.2, 0) is 32.7 Å². The van der Waals surface area contributed by atoms with Crippen molar-refractivity contribution in [2.45, 2.75) is 212 Å². The van der Waals surface area contributed by atoms with Crippen molar-refractivity contribution in [1.29, 1.82) is 0 Å². The normalized spacial score (nSPS) is 18.1. The molecular formula is C45H87NO8P+. The SMILES string of the molecule is CCCCCCCC/C=C\CCCCCCCC(=O)O[C@]1(COP(=O)(O)OCC[N+](C)(C)C)C[C@H]1CCOC(=O)CCCCCCCCCCCCCCC. The molecule has 3 atom stereocenters. The molecule has 0 aromatic rings. The van der Waals surface area contributed by atoms with Crippen LogP contribution < -0.4 is 0 Å². The third kappa shape index (κ3) is 31.4. The van der Waals surface area contributed by atoms with Gasteiger partial charge >= 0.3 is 19.8 Å². The molecule has 1 unspecified atom stereocenters. The quantitative estimate of drug-likeness (QED) is 0.0215. The number of rotatable bonds is 40. The van der Waals surface area contributed by atoms with Gasteiger partial charge in [0.05, 0.1) is 34.4 Å². The number of allylic oxidation sites excluding steroid dienone is 2. The average molecular weight is 801 g/mol. The van der Waals surface area contributed by atoms with E-state index < -0.39 is 13.4 Å². The van der Waals surface area contributed by atoms with Crippen LogP contribution in [0.4, 0.5) is 0 Å². The maximum atomic E-state index is 12.9. The Balaban J connectivity index is 2.33. The van der Waals surface area contributed by atoms with Crippen molar-refractivity contribution in [3.8, 4) is 0 Å². The Morgan fingerprint density at radius 1 is 0.636 bits per heavy atom. The Bertz CT molecular complexity index is 1030. The van der Waals surface area contributed by atoms with E-state index in [0.29, 0.717) is 36.7 Å². The highest BCUT2D eigenvalue weighted by Gasteiger charge is 2.58. The van der Waals surface area contributed by atoms with E-state index in [1.807, 2.05) is 21.1 Å². The van der Waals surface area contributed by atoms with Crippen LogP contribution in [-0.4, -0.2) is 74.4 Å². The maximum Gasteiger partial charge on any atom is 0.472 e. The van der Waals surface area contributed by atoms with Crippen molar-refractivity contribution < 1.29 is 42.1 Å². The topological polar surface area (TPSA) is 108 Å². The van der Waals surface area contributed by atoms with E-state index in [1.54, 1.807) is 0 Å². The summed E-state index contributed by atoms with van der Waals surface area (Å²) in [6, 6.07) is 0. The van der Waals surface area contributed by atoms with Crippen LogP contribution in [0.1, 0.15) is 206 Å². The number of unbranched alkanes of at least 4 members (excludes halogenated alkanes) is 23. The lowest BCUT2D eigenvalue weighted by molar-refractivity contribution is -0.870. The van der Waals surface area contributed by atoms with E-state index in [4.69, 9.17) is 18.5 Å². The van der Waals surface area contributed by atoms with Crippen molar-refractivity contribution in [3.05, 3.63) is 12.2 Å². The lowest BCUT2D eigenvalue weighted by Gasteiger charge is -2.24. The van der Waals surface area contributed by atoms with Crippen LogP contribution in [0.5, 0.6) is 0 Å². The number of ether oxygens (including phenoxy) is 2. The summed E-state index contributed by atoms with van der Waals surface area (Å²) in [5.41, 5.74) is -0.998. The molecule has 1 fully saturated rings. The summed E-state index contributed by atoms with van der Waals surface area (Å²) < 4.78 is 35.3. The van der Waals surface area contributed by atoms with Crippen LogP contribution in [0.15, 0.2) is 12.2 Å². The van der Waals surface area contributed by atoms with Gasteiger partial charge in [-0.1, -0.05) is 154 Å². The van der Waals surface area contributed by atoms with Gasteiger partial charge in [-0.25, -0.2) is 4.57 Å². The van der Waals surface area contributed by atoms with Gasteiger partial charge in [-0.15, -0.1) is 0 Å². The van der Waals surface area contributed by atoms with Crippen molar-refractivity contribution >= 4 is 19.8 Å². The summed E-state index contributed by atoms with van der Waals surface area (Å²) in [5.74, 6) is -0.625. The molecule has 55 heavy (non-hydrogen) atoms. The van der Waals surface area contributed by atoms with Crippen molar-refractivity contribution in [2.75, 3.05) is 47.5 Å². The largest absolute Gasteiger partial charge is 0.472 e. The summed E-state index contributed by atoms with van der Waals surface area (Å²) in [6.07, 6.45) is 38.2. The first-order chi connectivity index (χ1) is 26.4. The van der Waals surface area contributed by atoms with E-state index in [-0.39, 0.29) is 37.7 Å². The Labute approximate surface area is 338 Å². The first-order valence-electron chi connectivity index (χ1n) is 22.9. The molecule has 0 heterocycles. The van der Waals surface area contributed by atoms with Gasteiger partial charge in [0.2, 0.25) is 0 Å². The summed E-state index contributed by atoms with van der Waals surface area (Å²) in [6.45, 7) is 5.13. The highest BCUT2D eigenvalue weighted by atomic mass is 31.2. The Morgan fingerprint density at radius 3 is 1.55 bits per heavy atom. The van der Waals surface area contributed by atoms with Crippen LogP contribution >= 0.6 is 7.82 Å². The number of carbonyl (C=O) groups excluding carboxylic acids is 2. The highest BCUT2D eigenvalue weighted by Crippen LogP contribution is 2.53. The molecule has 1 aliphatic carbocycles. The first-order valence-corrected chi connectivity index (χ1v) is 24.4. The van der Waals surface area contributed by atoms with Crippen LogP contribution in [0, 0.1) is 5.92 Å². The summed E-state index contributed by atoms with van der Waals surface area (Å²) in [7, 11) is 1.59. The molecule has 0 aromatic carbocycles. The fourth-order valence-electron chi connectivity index (χ4n) is 7.00. The van der Waals surface area contributed by atoms with Gasteiger partial charge in [-0.3, -0.25) is 18.6 Å². The number of likely N-dealkylation sites (N-methyl/N-ethyl adjacent to an activating group) is 1. The third-order valence-corrected chi connectivity index (χ3v) is 11.8. The molecule has 0 bridgehead atoms. The number of hydrogen-bond donors (Lipinski definition) is 1. The van der Waals surface area contributed by atoms with Crippen molar-refractivity contribution in [3.63, 3.8) is 0 Å². The number of phosphoric ester groups is 1. The molecule has 1 saturated carbocycles. The number of carbonyl (C=O) groups is 2. The van der Waals surface area contributed by atoms with Gasteiger partial charge in [0.25, 0.3) is 0 Å². The zero-order valence-electron chi connectivity index (χ0n) is 36.5. The fourth-order valence-corrected chi connectivity index (χ4v) is 7.77. The molecule has 1 rings (SSSR count). The maximum absolute atomic E-state index is 12.9. The predicted octanol–water partition coefficient (Wildman–Crippen LogP) is 12.6. The van der Waals surface area contributed by atoms with E-state index in [1.165, 1.54) is 116 Å². The Morgan fingerprint density at radius 2 is 1.07 bits per heavy atom. The number of nitrogens with zero attached hydrogens (tertiary/aromatic N) is 1. The van der Waals surface area contributed by atoms with Crippen LogP contribution in [0.25, 0.3) is 0 Å². The number of quaternary nitrogens is 1. The Kier molecular flexibility index (Phi) is 30.8. The van der Waals surface area contributed by atoms with Crippen molar-refractivity contribution in [1.82, 2.24) is 0 Å². The molecule has 0 spiro atoms. The smallest absolute Gasteiger partial charge is 0.466 e. The molecule has 1 aliphatic rings. The molecular weight excluding hydrogens is 713 g/mol. The van der Waals surface area contributed by atoms with Crippen molar-refractivity contribution in [2.24, 2.45) is 5.92 Å². The first kappa shape index (κ1) is 51.8. The minimum atomic E-state index is -4.33. The van der Waals surface area contributed by atoms with Crippen LogP contribution in [0.2, 0.25) is 0 Å². The second-order valence-electron chi connectivity index (χ2n) is 17.4. The highest BCUT2D eigenvalue weighted by molar-refractivity contribution is 7.47. The lowest BCUT2D eigenvalue weighted by atomic mass is 10.0. The molecule has 9 nitrogen and oxygen atoms in total. The van der Waals surface area contributed by atoms with E-state index in [0.717, 1.165) is 51.4 Å². The molecule has 0 aliphatic heterocycles. The Hall–Kier alpha value is -1.25. The summed E-state index contributed by atoms with van der Waals surface area (Å²) >= 11 is 0. The van der Waals surface area contributed by atoms with Crippen LogP contribution in [0.3, 0.4) is 0 Å². The fraction of sp³-hybridized carbons (Fsp3) is 0.911. The van der Waals surface area contributed by atoms with Gasteiger partial charge in [-0.05, 0) is 51.4 Å². The molecule has 10 heteroatoms. The second-order valence-corrected chi connectivity index (χ2v) is 18.8. The minimum Gasteiger partial charge on any atom is -0.466 e. The predicted molar refractivity (Wildman–Crippen MR) is 227 cm³/mol. The number of esters is 2. The molecule has 0 aromatic heterocycles. The molecule has 1 N–H and O–H groups in total. The third-order valence-electron chi connectivity index (χ3n) is 10.8. The minimum absolute atomic E-state index is 0.0676. The zero-order valence-corrected chi connectivity index (χ0v) is 37.4. The zero-order chi connectivity index (χ0) is 40.5. The molecule has 324 valence electrons. The summed E-state index contributed by atoms with van der Waals surface area (Å²) in [4.78, 5) is 35.7. The van der Waals surface area contributed by atoms with E-state index in [9.17, 15) is 19.0 Å². The molecule has 0 saturated heterocycles. The van der Waals surface area contributed by atoms with Gasteiger partial charge in [-0.2, -0.15) is 0 Å². The van der Waals surface area contributed by atoms with E-state index >= 15 is 0 Å². The second kappa shape index (κ2) is 32.7. The van der Waals surface area contributed by atoms with Gasteiger partial charge < -0.3 is 18.9 Å². The van der Waals surface area contributed by atoms with Gasteiger partial charge in [0.1, 0.15) is 18.8 Å². The summed E-state index contributed by atoms with van der Waals surface area (Å²) in [5, 5.41) is 0. The lowest BCUT2D eigenvalue weighted by Crippen LogP contribution is -2.37. The average Bonchev–Trinajstić information content (AvgIpc) is 3.81. The van der Waals surface area contributed by atoms with Gasteiger partial charge in [0.15, 0.2) is 0 Å². The molecule has 0 radical (unpaired) electrons. The number of phosphoric acid groups is 1. The monoisotopic (exact) mass is 801 g/mol.